The van der Waals surface area contributed by atoms with E-state index in [0.717, 1.165) is 6.42 Å². The summed E-state index contributed by atoms with van der Waals surface area (Å²) in [5.41, 5.74) is 2.14. The largest absolute Gasteiger partial charge is 0.347 e. The zero-order valence-electron chi connectivity index (χ0n) is 11.2. The van der Waals surface area contributed by atoms with E-state index in [1.165, 1.54) is 18.2 Å². The Balaban J connectivity index is 3.03. The van der Waals surface area contributed by atoms with Gasteiger partial charge in [0.2, 0.25) is 0 Å². The smallest absolute Gasteiger partial charge is 0.293 e. The summed E-state index contributed by atoms with van der Waals surface area (Å²) < 4.78 is 0. The van der Waals surface area contributed by atoms with Gasteiger partial charge in [0.1, 0.15) is 5.69 Å². The molecule has 0 fully saturated rings. The number of nitrogens with one attached hydrogen (secondary N) is 2. The molecule has 0 aliphatic carbocycles. The Kier molecular flexibility index (Phi) is 4.44. The average molecular weight is 266 g/mol. The van der Waals surface area contributed by atoms with Gasteiger partial charge >= 0.3 is 0 Å². The molecular weight excluding hydrogens is 248 g/mol. The Morgan fingerprint density at radius 1 is 1.47 bits per heavy atom. The van der Waals surface area contributed by atoms with Crippen molar-refractivity contribution in [3.63, 3.8) is 0 Å². The lowest BCUT2D eigenvalue weighted by molar-refractivity contribution is -0.384. The van der Waals surface area contributed by atoms with Crippen molar-refractivity contribution in [2.24, 2.45) is 5.84 Å². The number of nitrogens with two attached hydrogens (primary N) is 1. The maximum absolute atomic E-state index is 12.0. The summed E-state index contributed by atoms with van der Waals surface area (Å²) in [7, 11) is 0. The van der Waals surface area contributed by atoms with Crippen LogP contribution in [0.25, 0.3) is 0 Å². The number of carbonyl (C=O) groups is 1. The second-order valence-corrected chi connectivity index (χ2v) is 4.82. The fourth-order valence-electron chi connectivity index (χ4n) is 1.42. The van der Waals surface area contributed by atoms with Gasteiger partial charge in [-0.15, -0.1) is 0 Å². The van der Waals surface area contributed by atoms with Gasteiger partial charge in [0.15, 0.2) is 0 Å². The van der Waals surface area contributed by atoms with Crippen LogP contribution in [0.1, 0.15) is 37.6 Å². The molecule has 0 saturated carbocycles. The minimum atomic E-state index is -0.563. The Bertz CT molecular complexity index is 500. The molecule has 1 aromatic carbocycles. The number of rotatable bonds is 5. The molecule has 1 aromatic rings. The van der Waals surface area contributed by atoms with Gasteiger partial charge in [-0.05, 0) is 32.4 Å². The average Bonchev–Trinajstić information content (AvgIpc) is 2.37. The summed E-state index contributed by atoms with van der Waals surface area (Å²) in [6.07, 6.45) is 0.772. The first kappa shape index (κ1) is 14.9. The summed E-state index contributed by atoms with van der Waals surface area (Å²) in [5.74, 6) is 4.93. The van der Waals surface area contributed by atoms with Crippen molar-refractivity contribution in [1.82, 2.24) is 5.32 Å². The molecule has 19 heavy (non-hydrogen) atoms. The summed E-state index contributed by atoms with van der Waals surface area (Å²) in [5, 5.41) is 13.6. The zero-order valence-corrected chi connectivity index (χ0v) is 11.2. The van der Waals surface area contributed by atoms with E-state index in [2.05, 4.69) is 10.7 Å². The first-order valence-electron chi connectivity index (χ1n) is 5.88. The van der Waals surface area contributed by atoms with E-state index >= 15 is 0 Å². The summed E-state index contributed by atoms with van der Waals surface area (Å²) in [4.78, 5) is 22.2. The summed E-state index contributed by atoms with van der Waals surface area (Å²) >= 11 is 0. The van der Waals surface area contributed by atoms with Crippen LogP contribution >= 0.6 is 0 Å². The molecule has 104 valence electrons. The lowest BCUT2D eigenvalue weighted by atomic mass is 10.0. The van der Waals surface area contributed by atoms with Crippen LogP contribution < -0.4 is 16.6 Å². The third-order valence-corrected chi connectivity index (χ3v) is 2.95. The normalized spacial score (nSPS) is 10.9. The van der Waals surface area contributed by atoms with Gasteiger partial charge in [-0.2, -0.15) is 0 Å². The number of carbonyl (C=O) groups excluding carboxylic acids is 1. The highest BCUT2D eigenvalue weighted by atomic mass is 16.6. The fourth-order valence-corrected chi connectivity index (χ4v) is 1.42. The van der Waals surface area contributed by atoms with Crippen molar-refractivity contribution < 1.29 is 9.72 Å². The van der Waals surface area contributed by atoms with Crippen molar-refractivity contribution in [1.29, 1.82) is 0 Å². The van der Waals surface area contributed by atoms with Crippen LogP contribution in [0.2, 0.25) is 0 Å². The Labute approximate surface area is 111 Å². The number of hydrazine groups is 1. The van der Waals surface area contributed by atoms with E-state index in [1.807, 2.05) is 20.8 Å². The Morgan fingerprint density at radius 3 is 2.58 bits per heavy atom. The van der Waals surface area contributed by atoms with E-state index < -0.39 is 4.92 Å². The van der Waals surface area contributed by atoms with Gasteiger partial charge in [-0.25, -0.2) is 0 Å². The van der Waals surface area contributed by atoms with Crippen LogP contribution in [0, 0.1) is 10.1 Å². The predicted molar refractivity (Wildman–Crippen MR) is 72.7 cm³/mol. The quantitative estimate of drug-likeness (QED) is 0.427. The number of anilines is 1. The number of nitro groups is 1. The third-order valence-electron chi connectivity index (χ3n) is 2.95. The highest BCUT2D eigenvalue weighted by Gasteiger charge is 2.21. The molecule has 1 rings (SSSR count). The minimum absolute atomic E-state index is 0.104. The molecule has 0 spiro atoms. The molecule has 0 atom stereocenters. The zero-order chi connectivity index (χ0) is 14.6. The molecule has 0 radical (unpaired) electrons. The minimum Gasteiger partial charge on any atom is -0.347 e. The molecule has 0 aliphatic rings. The SMILES string of the molecule is CCC(C)(C)NC(=O)c1ccc([N+](=O)[O-])c(NN)c1. The molecule has 7 heteroatoms. The van der Waals surface area contributed by atoms with Crippen LogP contribution in [-0.2, 0) is 0 Å². The molecule has 7 nitrogen and oxygen atoms in total. The molecule has 0 bridgehead atoms. The van der Waals surface area contributed by atoms with Gasteiger partial charge in [0, 0.05) is 17.2 Å². The Morgan fingerprint density at radius 2 is 2.11 bits per heavy atom. The van der Waals surface area contributed by atoms with Crippen molar-refractivity contribution in [3.05, 3.63) is 33.9 Å². The van der Waals surface area contributed by atoms with E-state index in [9.17, 15) is 14.9 Å². The molecule has 1 amide bonds. The van der Waals surface area contributed by atoms with E-state index in [-0.39, 0.29) is 22.8 Å². The van der Waals surface area contributed by atoms with E-state index in [0.29, 0.717) is 5.56 Å². The Hall–Kier alpha value is -2.15. The highest BCUT2D eigenvalue weighted by molar-refractivity contribution is 5.96. The van der Waals surface area contributed by atoms with Gasteiger partial charge in [-0.3, -0.25) is 20.8 Å². The van der Waals surface area contributed by atoms with Crippen molar-refractivity contribution in [3.8, 4) is 0 Å². The number of nitro benzene ring substituents is 1. The monoisotopic (exact) mass is 266 g/mol. The third kappa shape index (κ3) is 3.65. The molecule has 0 aliphatic heterocycles. The van der Waals surface area contributed by atoms with Crippen LogP contribution in [0.5, 0.6) is 0 Å². The summed E-state index contributed by atoms with van der Waals surface area (Å²) in [6, 6.07) is 4.02. The van der Waals surface area contributed by atoms with E-state index in [1.54, 1.807) is 0 Å². The van der Waals surface area contributed by atoms with Crippen LogP contribution in [0.15, 0.2) is 18.2 Å². The molecule has 0 unspecified atom stereocenters. The number of benzene rings is 1. The first-order chi connectivity index (χ1) is 8.80. The molecule has 0 heterocycles. The molecular formula is C12H18N4O3. The topological polar surface area (TPSA) is 110 Å². The van der Waals surface area contributed by atoms with Gasteiger partial charge in [0.05, 0.1) is 4.92 Å². The van der Waals surface area contributed by atoms with Gasteiger partial charge in [0.25, 0.3) is 11.6 Å². The van der Waals surface area contributed by atoms with Crippen molar-refractivity contribution in [2.45, 2.75) is 32.7 Å². The standard InChI is InChI=1S/C12H18N4O3/c1-4-12(2,3)14-11(17)8-5-6-10(16(18)19)9(7-8)15-13/h5-7,15H,4,13H2,1-3H3,(H,14,17). The van der Waals surface area contributed by atoms with Crippen LogP contribution in [0.4, 0.5) is 11.4 Å². The highest BCUT2D eigenvalue weighted by Crippen LogP contribution is 2.24. The van der Waals surface area contributed by atoms with Crippen molar-refractivity contribution in [2.75, 3.05) is 5.43 Å². The number of amides is 1. The lowest BCUT2D eigenvalue weighted by Crippen LogP contribution is -2.42. The lowest BCUT2D eigenvalue weighted by Gasteiger charge is -2.24. The predicted octanol–water partition coefficient (Wildman–Crippen LogP) is 1.80. The van der Waals surface area contributed by atoms with Crippen molar-refractivity contribution >= 4 is 17.3 Å². The second kappa shape index (κ2) is 5.66. The first-order valence-corrected chi connectivity index (χ1v) is 5.88. The number of hydrogen-bond acceptors (Lipinski definition) is 5. The van der Waals surface area contributed by atoms with Gasteiger partial charge < -0.3 is 10.7 Å². The van der Waals surface area contributed by atoms with Crippen LogP contribution in [-0.4, -0.2) is 16.4 Å². The maximum atomic E-state index is 12.0. The number of nitrogens with zero attached hydrogens (tertiary/aromatic N) is 1. The van der Waals surface area contributed by atoms with Crippen LogP contribution in [0.3, 0.4) is 0 Å². The fraction of sp³-hybridized carbons (Fsp3) is 0.417. The summed E-state index contributed by atoms with van der Waals surface area (Å²) in [6.45, 7) is 5.76. The second-order valence-electron chi connectivity index (χ2n) is 4.82. The van der Waals surface area contributed by atoms with Gasteiger partial charge in [-0.1, -0.05) is 6.92 Å². The van der Waals surface area contributed by atoms with E-state index in [4.69, 9.17) is 5.84 Å². The number of nitrogen functional groups attached to an aromatic ring is 1. The number of hydrogen-bond donors (Lipinski definition) is 3. The molecule has 0 saturated heterocycles. The molecule has 4 N–H and O–H groups in total. The molecule has 0 aromatic heterocycles. The maximum Gasteiger partial charge on any atom is 0.293 e.